The summed E-state index contributed by atoms with van der Waals surface area (Å²) in [6, 6.07) is 0. The molecule has 0 aromatic heterocycles. The standard InChI is InChI=1S/C33H43FO7/c1-19-15-25-24-12-11-22-16-23(35)13-14-30(22,2)32(24,34)26(36)17-31(25,3)33(19,41-29(39)21-9-10-21)27(37)18-40-28(38)20-7-5-4-6-8-20/h13-14,16,19-21,24-26,36H,4-12,15,17-18H2,1-3H3/t19?,24-,25-,26?,30-,31-,32-,33-/m0/s1. The van der Waals surface area contributed by atoms with Gasteiger partial charge in [0.25, 0.3) is 0 Å². The first kappa shape index (κ1) is 28.8. The molecule has 8 heteroatoms. The summed E-state index contributed by atoms with van der Waals surface area (Å²) in [7, 11) is 0. The summed E-state index contributed by atoms with van der Waals surface area (Å²) in [4.78, 5) is 52.6. The molecule has 0 amide bonds. The molecule has 6 rings (SSSR count). The number of esters is 2. The SMILES string of the molecule is CC1C[C@H]2[C@@H]3CCC4=CC(=O)C=C[C@]4(C)[C@@]3(F)C(O)C[C@]2(C)[C@@]1(OC(=O)C1CC1)C(=O)COC(=O)C1CCCCC1. The van der Waals surface area contributed by atoms with Gasteiger partial charge in [-0.05, 0) is 76.4 Å². The van der Waals surface area contributed by atoms with Gasteiger partial charge in [0, 0.05) is 22.7 Å². The number of hydrogen-bond donors (Lipinski definition) is 1. The molecule has 0 aromatic carbocycles. The van der Waals surface area contributed by atoms with E-state index in [9.17, 15) is 24.3 Å². The van der Waals surface area contributed by atoms with E-state index in [4.69, 9.17) is 9.47 Å². The minimum atomic E-state index is -2.05. The van der Waals surface area contributed by atoms with Gasteiger partial charge in [0.05, 0.1) is 17.9 Å². The Bertz CT molecular complexity index is 1210. The fourth-order valence-corrected chi connectivity index (χ4v) is 9.66. The van der Waals surface area contributed by atoms with Crippen molar-refractivity contribution in [1.29, 1.82) is 0 Å². The molecule has 0 radical (unpaired) electrons. The Morgan fingerprint density at radius 2 is 1.68 bits per heavy atom. The number of Topliss-reactive ketones (excluding diaryl/α,β-unsaturated/α-hetero) is 1. The number of carbonyl (C=O) groups excluding carboxylic acids is 4. The topological polar surface area (TPSA) is 107 Å². The highest BCUT2D eigenvalue weighted by molar-refractivity contribution is 6.01. The average Bonchev–Trinajstić information content (AvgIpc) is 3.77. The first-order valence-electron chi connectivity index (χ1n) is 15.6. The molecule has 7 nitrogen and oxygen atoms in total. The van der Waals surface area contributed by atoms with Crippen LogP contribution in [0.15, 0.2) is 23.8 Å². The normalized spacial score (nSPS) is 43.8. The Kier molecular flexibility index (Phi) is 6.91. The van der Waals surface area contributed by atoms with Gasteiger partial charge in [-0.1, -0.05) is 44.8 Å². The predicted molar refractivity (Wildman–Crippen MR) is 147 cm³/mol. The van der Waals surface area contributed by atoms with E-state index < -0.39 is 64.4 Å². The van der Waals surface area contributed by atoms with Crippen molar-refractivity contribution < 1.29 is 38.1 Å². The van der Waals surface area contributed by atoms with Crippen molar-refractivity contribution in [3.05, 3.63) is 23.8 Å². The molecule has 0 aromatic rings. The predicted octanol–water partition coefficient (Wildman–Crippen LogP) is 4.99. The molecule has 0 spiro atoms. The summed E-state index contributed by atoms with van der Waals surface area (Å²) in [5.41, 5.74) is -5.21. The molecule has 41 heavy (non-hydrogen) atoms. The molecule has 1 N–H and O–H groups in total. The van der Waals surface area contributed by atoms with E-state index in [1.165, 1.54) is 12.2 Å². The van der Waals surface area contributed by atoms with E-state index >= 15 is 4.39 Å². The third kappa shape index (κ3) is 4.05. The molecule has 6 aliphatic carbocycles. The molecular weight excluding hydrogens is 527 g/mol. The number of ether oxygens (including phenoxy) is 2. The molecule has 8 atom stereocenters. The minimum absolute atomic E-state index is 0.0834. The van der Waals surface area contributed by atoms with Crippen LogP contribution >= 0.6 is 0 Å². The monoisotopic (exact) mass is 570 g/mol. The molecule has 5 saturated carbocycles. The van der Waals surface area contributed by atoms with Crippen molar-refractivity contribution in [2.75, 3.05) is 6.61 Å². The van der Waals surface area contributed by atoms with Gasteiger partial charge in [0.2, 0.25) is 5.78 Å². The number of alkyl halides is 1. The number of hydrogen-bond acceptors (Lipinski definition) is 7. The van der Waals surface area contributed by atoms with Gasteiger partial charge in [-0.15, -0.1) is 0 Å². The van der Waals surface area contributed by atoms with E-state index in [1.54, 1.807) is 13.0 Å². The van der Waals surface area contributed by atoms with Gasteiger partial charge < -0.3 is 14.6 Å². The fourth-order valence-electron chi connectivity index (χ4n) is 9.66. The average molecular weight is 571 g/mol. The summed E-state index contributed by atoms with van der Waals surface area (Å²) in [5, 5.41) is 11.7. The van der Waals surface area contributed by atoms with Crippen LogP contribution in [-0.2, 0) is 28.7 Å². The summed E-state index contributed by atoms with van der Waals surface area (Å²) in [5.74, 6) is -3.40. The van der Waals surface area contributed by atoms with Crippen LogP contribution < -0.4 is 0 Å². The van der Waals surface area contributed by atoms with Crippen LogP contribution in [0.3, 0.4) is 0 Å². The Morgan fingerprint density at radius 1 is 1.00 bits per heavy atom. The largest absolute Gasteiger partial charge is 0.457 e. The first-order chi connectivity index (χ1) is 19.4. The zero-order valence-corrected chi connectivity index (χ0v) is 24.5. The number of allylic oxidation sites excluding steroid dienone is 4. The lowest BCUT2D eigenvalue weighted by Crippen LogP contribution is -2.70. The Morgan fingerprint density at radius 3 is 2.37 bits per heavy atom. The number of halogens is 1. The maximum absolute atomic E-state index is 17.6. The van der Waals surface area contributed by atoms with Crippen molar-refractivity contribution in [3.8, 4) is 0 Å². The zero-order valence-electron chi connectivity index (χ0n) is 24.5. The Hall–Kier alpha value is -2.35. The molecule has 0 aliphatic heterocycles. The lowest BCUT2D eigenvalue weighted by Gasteiger charge is -2.62. The smallest absolute Gasteiger partial charge is 0.309 e. The van der Waals surface area contributed by atoms with Crippen LogP contribution in [0.4, 0.5) is 4.39 Å². The molecule has 2 unspecified atom stereocenters. The molecule has 6 aliphatic rings. The number of ketones is 2. The quantitative estimate of drug-likeness (QED) is 0.449. The first-order valence-corrected chi connectivity index (χ1v) is 15.6. The van der Waals surface area contributed by atoms with Crippen LogP contribution in [0.1, 0.15) is 91.4 Å². The summed E-state index contributed by atoms with van der Waals surface area (Å²) in [6.07, 6.45) is 10.2. The molecule has 0 bridgehead atoms. The van der Waals surface area contributed by atoms with E-state index in [2.05, 4.69) is 0 Å². The van der Waals surface area contributed by atoms with Gasteiger partial charge in [-0.25, -0.2) is 4.39 Å². The third-order valence-electron chi connectivity index (χ3n) is 12.1. The minimum Gasteiger partial charge on any atom is -0.457 e. The highest BCUT2D eigenvalue weighted by Gasteiger charge is 2.77. The van der Waals surface area contributed by atoms with Crippen LogP contribution in [0, 0.1) is 40.4 Å². The number of aliphatic hydroxyl groups is 1. The fraction of sp³-hybridized carbons (Fsp3) is 0.758. The highest BCUT2D eigenvalue weighted by atomic mass is 19.1. The van der Waals surface area contributed by atoms with Gasteiger partial charge in [0.1, 0.15) is 0 Å². The highest BCUT2D eigenvalue weighted by Crippen LogP contribution is 2.71. The van der Waals surface area contributed by atoms with E-state index in [-0.39, 0.29) is 30.0 Å². The van der Waals surface area contributed by atoms with Gasteiger partial charge >= 0.3 is 11.9 Å². The molecule has 5 fully saturated rings. The van der Waals surface area contributed by atoms with Crippen LogP contribution in [0.5, 0.6) is 0 Å². The lowest BCUT2D eigenvalue weighted by atomic mass is 9.44. The lowest BCUT2D eigenvalue weighted by molar-refractivity contribution is -0.229. The maximum Gasteiger partial charge on any atom is 0.309 e. The Balaban J connectivity index is 1.35. The summed E-state index contributed by atoms with van der Waals surface area (Å²) >= 11 is 0. The van der Waals surface area contributed by atoms with Crippen molar-refractivity contribution in [1.82, 2.24) is 0 Å². The number of aliphatic hydroxyl groups excluding tert-OH is 1. The van der Waals surface area contributed by atoms with Gasteiger partial charge in [0.15, 0.2) is 23.7 Å². The number of rotatable bonds is 6. The zero-order chi connectivity index (χ0) is 29.4. The van der Waals surface area contributed by atoms with Crippen molar-refractivity contribution in [3.63, 3.8) is 0 Å². The van der Waals surface area contributed by atoms with E-state index in [1.807, 2.05) is 13.8 Å². The van der Waals surface area contributed by atoms with Crippen LogP contribution in [0.2, 0.25) is 0 Å². The van der Waals surface area contributed by atoms with Crippen LogP contribution in [-0.4, -0.2) is 52.6 Å². The summed E-state index contributed by atoms with van der Waals surface area (Å²) in [6.45, 7) is 4.98. The molecule has 0 saturated heterocycles. The van der Waals surface area contributed by atoms with Gasteiger partial charge in [-0.2, -0.15) is 0 Å². The second kappa shape index (κ2) is 9.85. The van der Waals surface area contributed by atoms with Gasteiger partial charge in [-0.3, -0.25) is 19.2 Å². The molecule has 0 heterocycles. The second-order valence-corrected chi connectivity index (χ2v) is 14.2. The van der Waals surface area contributed by atoms with Crippen molar-refractivity contribution >= 4 is 23.5 Å². The Labute approximate surface area is 241 Å². The summed E-state index contributed by atoms with van der Waals surface area (Å²) < 4.78 is 29.5. The maximum atomic E-state index is 17.6. The third-order valence-corrected chi connectivity index (χ3v) is 12.1. The van der Waals surface area contributed by atoms with E-state index in [0.29, 0.717) is 37.7 Å². The molecule has 224 valence electrons. The molecular formula is C33H43FO7. The van der Waals surface area contributed by atoms with Crippen molar-refractivity contribution in [2.45, 2.75) is 109 Å². The van der Waals surface area contributed by atoms with E-state index in [0.717, 1.165) is 32.1 Å². The van der Waals surface area contributed by atoms with Crippen LogP contribution in [0.25, 0.3) is 0 Å². The number of fused-ring (bicyclic) bond motifs is 5. The second-order valence-electron chi connectivity index (χ2n) is 14.2. The number of carbonyl (C=O) groups is 4. The van der Waals surface area contributed by atoms with Crippen molar-refractivity contribution in [2.24, 2.45) is 40.4 Å².